The highest BCUT2D eigenvalue weighted by atomic mass is 16.5. The van der Waals surface area contributed by atoms with Gasteiger partial charge in [0.05, 0.1) is 7.11 Å². The number of amides is 1. The van der Waals surface area contributed by atoms with Crippen molar-refractivity contribution in [3.8, 4) is 0 Å². The van der Waals surface area contributed by atoms with Crippen molar-refractivity contribution in [3.63, 3.8) is 0 Å². The molecule has 0 radical (unpaired) electrons. The van der Waals surface area contributed by atoms with Gasteiger partial charge in [-0.2, -0.15) is 0 Å². The second kappa shape index (κ2) is 6.56. The van der Waals surface area contributed by atoms with E-state index < -0.39 is 17.4 Å². The van der Waals surface area contributed by atoms with Crippen LogP contribution in [-0.2, 0) is 14.3 Å². The van der Waals surface area contributed by atoms with E-state index in [1.54, 1.807) is 29.2 Å². The molecule has 136 valence electrons. The quantitative estimate of drug-likeness (QED) is 0.617. The van der Waals surface area contributed by atoms with Gasteiger partial charge in [-0.1, -0.05) is 38.6 Å². The van der Waals surface area contributed by atoms with Gasteiger partial charge >= 0.3 is 5.97 Å². The number of ketones is 1. The van der Waals surface area contributed by atoms with Crippen molar-refractivity contribution < 1.29 is 19.1 Å². The minimum absolute atomic E-state index is 0.114. The lowest BCUT2D eigenvalue weighted by Gasteiger charge is -2.40. The molecule has 2 aliphatic rings. The molecule has 0 bridgehead atoms. The molecule has 1 amide bonds. The highest BCUT2D eigenvalue weighted by Crippen LogP contribution is 2.50. The number of rotatable bonds is 4. The van der Waals surface area contributed by atoms with Gasteiger partial charge in [0.1, 0.15) is 0 Å². The predicted octanol–water partition coefficient (Wildman–Crippen LogP) is 2.78. The monoisotopic (exact) mass is 353 g/mol. The van der Waals surface area contributed by atoms with Crippen molar-refractivity contribution in [2.75, 3.05) is 13.7 Å². The number of hydrogen-bond acceptors (Lipinski definition) is 4. The average Bonchev–Trinajstić information content (AvgIpc) is 3.09. The smallest absolute Gasteiger partial charge is 0.332 e. The SMILES string of the molecule is C=C1C(=O)C=C2CN(C(=O)c3ccccc3)[C@@](CC(C)C)(C(=O)OC)[C@H]12. The third-order valence-electron chi connectivity index (χ3n) is 5.18. The van der Waals surface area contributed by atoms with Crippen LogP contribution in [-0.4, -0.2) is 41.8 Å². The van der Waals surface area contributed by atoms with Gasteiger partial charge in [0.25, 0.3) is 5.91 Å². The molecule has 1 saturated heterocycles. The lowest BCUT2D eigenvalue weighted by Crippen LogP contribution is -2.58. The van der Waals surface area contributed by atoms with Crippen LogP contribution >= 0.6 is 0 Å². The summed E-state index contributed by atoms with van der Waals surface area (Å²) >= 11 is 0. The molecule has 5 nitrogen and oxygen atoms in total. The van der Waals surface area contributed by atoms with E-state index in [0.29, 0.717) is 17.6 Å². The second-order valence-electron chi connectivity index (χ2n) is 7.31. The van der Waals surface area contributed by atoms with Gasteiger partial charge in [-0.3, -0.25) is 9.59 Å². The van der Waals surface area contributed by atoms with Crippen molar-refractivity contribution >= 4 is 17.7 Å². The zero-order valence-corrected chi connectivity index (χ0v) is 15.3. The molecule has 3 rings (SSSR count). The van der Waals surface area contributed by atoms with Crippen LogP contribution in [0, 0.1) is 11.8 Å². The number of allylic oxidation sites excluding steroid dienone is 1. The fourth-order valence-electron chi connectivity index (χ4n) is 4.25. The molecule has 0 unspecified atom stereocenters. The van der Waals surface area contributed by atoms with Crippen LogP contribution in [0.2, 0.25) is 0 Å². The van der Waals surface area contributed by atoms with Gasteiger partial charge in [0, 0.05) is 23.6 Å². The molecule has 0 aromatic heterocycles. The molecule has 0 saturated carbocycles. The molecule has 1 heterocycles. The van der Waals surface area contributed by atoms with Gasteiger partial charge in [-0.25, -0.2) is 4.79 Å². The summed E-state index contributed by atoms with van der Waals surface area (Å²) in [4.78, 5) is 40.0. The highest BCUT2D eigenvalue weighted by molar-refractivity contribution is 6.11. The van der Waals surface area contributed by atoms with Gasteiger partial charge < -0.3 is 9.64 Å². The van der Waals surface area contributed by atoms with Crippen LogP contribution in [0.15, 0.2) is 54.1 Å². The molecule has 0 spiro atoms. The van der Waals surface area contributed by atoms with Crippen LogP contribution in [0.4, 0.5) is 0 Å². The van der Waals surface area contributed by atoms with Crippen LogP contribution in [0.3, 0.4) is 0 Å². The first kappa shape index (κ1) is 18.1. The molecular formula is C21H23NO4. The van der Waals surface area contributed by atoms with Crippen LogP contribution in [0.25, 0.3) is 0 Å². The number of methoxy groups -OCH3 is 1. The molecule has 1 aromatic carbocycles. The van der Waals surface area contributed by atoms with Gasteiger partial charge in [-0.05, 0) is 36.1 Å². The summed E-state index contributed by atoms with van der Waals surface area (Å²) in [5, 5.41) is 0. The van der Waals surface area contributed by atoms with Crippen LogP contribution in [0.1, 0.15) is 30.6 Å². The first-order valence-electron chi connectivity index (χ1n) is 8.72. The van der Waals surface area contributed by atoms with E-state index in [1.165, 1.54) is 13.2 Å². The molecule has 2 atom stereocenters. The maximum atomic E-state index is 13.3. The molecule has 1 aliphatic heterocycles. The molecular weight excluding hydrogens is 330 g/mol. The van der Waals surface area contributed by atoms with Crippen molar-refractivity contribution in [1.29, 1.82) is 0 Å². The number of esters is 1. The van der Waals surface area contributed by atoms with Crippen molar-refractivity contribution in [1.82, 2.24) is 4.90 Å². The molecule has 0 N–H and O–H groups in total. The van der Waals surface area contributed by atoms with Crippen molar-refractivity contribution in [3.05, 3.63) is 59.7 Å². The van der Waals surface area contributed by atoms with Crippen molar-refractivity contribution in [2.24, 2.45) is 11.8 Å². The predicted molar refractivity (Wildman–Crippen MR) is 97.4 cm³/mol. The zero-order valence-electron chi connectivity index (χ0n) is 15.3. The Bertz CT molecular complexity index is 809. The third-order valence-corrected chi connectivity index (χ3v) is 5.18. The maximum Gasteiger partial charge on any atom is 0.332 e. The van der Waals surface area contributed by atoms with Crippen molar-refractivity contribution in [2.45, 2.75) is 25.8 Å². The number of ether oxygens (including phenoxy) is 1. The van der Waals surface area contributed by atoms with Crippen LogP contribution in [0.5, 0.6) is 0 Å². The first-order valence-corrected chi connectivity index (χ1v) is 8.72. The van der Waals surface area contributed by atoms with E-state index in [1.807, 2.05) is 19.9 Å². The normalized spacial score (nSPS) is 24.7. The van der Waals surface area contributed by atoms with E-state index in [2.05, 4.69) is 6.58 Å². The summed E-state index contributed by atoms with van der Waals surface area (Å²) in [5.41, 5.74) is 0.372. The summed E-state index contributed by atoms with van der Waals surface area (Å²) < 4.78 is 5.13. The zero-order chi connectivity index (χ0) is 19.1. The molecule has 5 heteroatoms. The van der Waals surface area contributed by atoms with Crippen LogP contribution < -0.4 is 0 Å². The van der Waals surface area contributed by atoms with E-state index in [0.717, 1.165) is 5.57 Å². The molecule has 1 aliphatic carbocycles. The Kier molecular flexibility index (Phi) is 4.57. The Balaban J connectivity index is 2.16. The largest absolute Gasteiger partial charge is 0.467 e. The molecule has 26 heavy (non-hydrogen) atoms. The minimum Gasteiger partial charge on any atom is -0.467 e. The fourth-order valence-corrected chi connectivity index (χ4v) is 4.25. The Morgan fingerprint density at radius 1 is 1.31 bits per heavy atom. The van der Waals surface area contributed by atoms with E-state index in [-0.39, 0.29) is 24.2 Å². The van der Waals surface area contributed by atoms with Gasteiger partial charge in [0.2, 0.25) is 0 Å². The van der Waals surface area contributed by atoms with E-state index in [9.17, 15) is 14.4 Å². The lowest BCUT2D eigenvalue weighted by molar-refractivity contribution is -0.154. The Morgan fingerprint density at radius 3 is 2.54 bits per heavy atom. The molecule has 1 aromatic rings. The second-order valence-corrected chi connectivity index (χ2v) is 7.31. The number of carbonyl (C=O) groups excluding carboxylic acids is 3. The molecule has 1 fully saturated rings. The maximum absolute atomic E-state index is 13.3. The number of fused-ring (bicyclic) bond motifs is 1. The van der Waals surface area contributed by atoms with E-state index in [4.69, 9.17) is 4.74 Å². The van der Waals surface area contributed by atoms with Gasteiger partial charge in [0.15, 0.2) is 11.3 Å². The number of hydrogen-bond donors (Lipinski definition) is 0. The number of carbonyl (C=O) groups is 3. The standard InChI is InChI=1S/C21H23NO4/c1-13(2)11-21(20(25)26-4)18-14(3)17(23)10-16(18)12-22(21)19(24)15-8-6-5-7-9-15/h5-10,13,18H,3,11-12H2,1-2,4H3/t18-,21-/m1/s1. The minimum atomic E-state index is -1.25. The Labute approximate surface area is 153 Å². The highest BCUT2D eigenvalue weighted by Gasteiger charge is 2.62. The lowest BCUT2D eigenvalue weighted by atomic mass is 9.75. The number of nitrogens with zero attached hydrogens (tertiary/aromatic N) is 1. The Hall–Kier alpha value is -2.69. The summed E-state index contributed by atoms with van der Waals surface area (Å²) in [5.74, 6) is -1.32. The summed E-state index contributed by atoms with van der Waals surface area (Å²) in [6.07, 6.45) is 1.91. The van der Waals surface area contributed by atoms with E-state index >= 15 is 0 Å². The fraction of sp³-hybridized carbons (Fsp3) is 0.381. The van der Waals surface area contributed by atoms with Gasteiger partial charge in [-0.15, -0.1) is 0 Å². The summed E-state index contributed by atoms with van der Waals surface area (Å²) in [6, 6.07) is 8.85. The average molecular weight is 353 g/mol. The number of benzene rings is 1. The Morgan fingerprint density at radius 2 is 1.96 bits per heavy atom. The number of likely N-dealkylation sites (tertiary alicyclic amines) is 1. The topological polar surface area (TPSA) is 63.7 Å². The third kappa shape index (κ3) is 2.59. The summed E-state index contributed by atoms with van der Waals surface area (Å²) in [6.45, 7) is 8.11. The summed E-state index contributed by atoms with van der Waals surface area (Å²) in [7, 11) is 1.32. The first-order chi connectivity index (χ1) is 12.3.